The van der Waals surface area contributed by atoms with E-state index in [1.807, 2.05) is 0 Å². The lowest BCUT2D eigenvalue weighted by Gasteiger charge is -2.13. The SMILES string of the molecule is NC(=O)CCCCC(=O)NC1C=CCCCC1. The number of hydrogen-bond acceptors (Lipinski definition) is 2. The lowest BCUT2D eigenvalue weighted by Crippen LogP contribution is -2.32. The van der Waals surface area contributed by atoms with Gasteiger partial charge in [-0.3, -0.25) is 9.59 Å². The van der Waals surface area contributed by atoms with E-state index in [0.717, 1.165) is 19.3 Å². The van der Waals surface area contributed by atoms with Crippen molar-refractivity contribution in [2.45, 2.75) is 57.4 Å². The fourth-order valence-corrected chi connectivity index (χ4v) is 1.97. The molecule has 4 nitrogen and oxygen atoms in total. The van der Waals surface area contributed by atoms with Gasteiger partial charge in [0.1, 0.15) is 0 Å². The van der Waals surface area contributed by atoms with Gasteiger partial charge in [-0.15, -0.1) is 0 Å². The number of rotatable bonds is 6. The van der Waals surface area contributed by atoms with E-state index < -0.39 is 0 Å². The van der Waals surface area contributed by atoms with Crippen molar-refractivity contribution < 1.29 is 9.59 Å². The largest absolute Gasteiger partial charge is 0.370 e. The molecule has 17 heavy (non-hydrogen) atoms. The van der Waals surface area contributed by atoms with Crippen LogP contribution in [0.1, 0.15) is 51.4 Å². The third kappa shape index (κ3) is 6.76. The van der Waals surface area contributed by atoms with Crippen LogP contribution in [0.5, 0.6) is 0 Å². The molecule has 1 aliphatic rings. The molecule has 1 rings (SSSR count). The summed E-state index contributed by atoms with van der Waals surface area (Å²) in [5, 5.41) is 3.01. The summed E-state index contributed by atoms with van der Waals surface area (Å²) in [5.74, 6) is -0.219. The van der Waals surface area contributed by atoms with Crippen LogP contribution in [0.15, 0.2) is 12.2 Å². The number of carbonyl (C=O) groups excluding carboxylic acids is 2. The van der Waals surface area contributed by atoms with Crippen LogP contribution in [0, 0.1) is 0 Å². The van der Waals surface area contributed by atoms with Crippen LogP contribution in [0.2, 0.25) is 0 Å². The highest BCUT2D eigenvalue weighted by Crippen LogP contribution is 2.11. The highest BCUT2D eigenvalue weighted by molar-refractivity contribution is 5.76. The molecule has 1 atom stereocenters. The Labute approximate surface area is 103 Å². The van der Waals surface area contributed by atoms with E-state index in [-0.39, 0.29) is 17.9 Å². The minimum atomic E-state index is -0.294. The zero-order chi connectivity index (χ0) is 12.5. The number of allylic oxidation sites excluding steroid dienone is 1. The van der Waals surface area contributed by atoms with Gasteiger partial charge in [0.15, 0.2) is 0 Å². The van der Waals surface area contributed by atoms with Crippen molar-refractivity contribution in [2.75, 3.05) is 0 Å². The van der Waals surface area contributed by atoms with Gasteiger partial charge >= 0.3 is 0 Å². The fourth-order valence-electron chi connectivity index (χ4n) is 1.97. The van der Waals surface area contributed by atoms with Crippen LogP contribution < -0.4 is 11.1 Å². The molecule has 0 aromatic rings. The van der Waals surface area contributed by atoms with E-state index in [1.165, 1.54) is 12.8 Å². The number of carbonyl (C=O) groups is 2. The summed E-state index contributed by atoms with van der Waals surface area (Å²) in [4.78, 5) is 22.1. The molecular formula is C13H22N2O2. The minimum absolute atomic E-state index is 0.0750. The van der Waals surface area contributed by atoms with Gasteiger partial charge in [0.2, 0.25) is 11.8 Å². The molecule has 1 aliphatic carbocycles. The van der Waals surface area contributed by atoms with Crippen molar-refractivity contribution in [3.05, 3.63) is 12.2 Å². The summed E-state index contributed by atoms with van der Waals surface area (Å²) in [6.07, 6.45) is 11.0. The second-order valence-electron chi connectivity index (χ2n) is 4.56. The molecule has 0 spiro atoms. The average molecular weight is 238 g/mol. The summed E-state index contributed by atoms with van der Waals surface area (Å²) in [6, 6.07) is 0.196. The smallest absolute Gasteiger partial charge is 0.220 e. The molecule has 1 unspecified atom stereocenters. The van der Waals surface area contributed by atoms with Gasteiger partial charge in [-0.1, -0.05) is 18.6 Å². The van der Waals surface area contributed by atoms with E-state index in [1.54, 1.807) is 0 Å². The van der Waals surface area contributed by atoms with Crippen molar-refractivity contribution in [2.24, 2.45) is 5.73 Å². The fraction of sp³-hybridized carbons (Fsp3) is 0.692. The zero-order valence-corrected chi connectivity index (χ0v) is 10.3. The quantitative estimate of drug-likeness (QED) is 0.545. The molecule has 0 bridgehead atoms. The molecule has 4 heteroatoms. The highest BCUT2D eigenvalue weighted by atomic mass is 16.2. The minimum Gasteiger partial charge on any atom is -0.370 e. The molecule has 96 valence electrons. The average Bonchev–Trinajstić information content (AvgIpc) is 2.53. The molecular weight excluding hydrogens is 216 g/mol. The van der Waals surface area contributed by atoms with Gasteiger partial charge in [-0.2, -0.15) is 0 Å². The summed E-state index contributed by atoms with van der Waals surface area (Å²) < 4.78 is 0. The molecule has 0 heterocycles. The van der Waals surface area contributed by atoms with Crippen LogP contribution in [-0.2, 0) is 9.59 Å². The Hall–Kier alpha value is -1.32. The molecule has 2 amide bonds. The van der Waals surface area contributed by atoms with Crippen molar-refractivity contribution in [3.8, 4) is 0 Å². The monoisotopic (exact) mass is 238 g/mol. The maximum absolute atomic E-state index is 11.6. The normalized spacial score (nSPS) is 19.6. The van der Waals surface area contributed by atoms with E-state index in [9.17, 15) is 9.59 Å². The van der Waals surface area contributed by atoms with Crippen LogP contribution in [-0.4, -0.2) is 17.9 Å². The van der Waals surface area contributed by atoms with E-state index in [4.69, 9.17) is 5.73 Å². The second-order valence-corrected chi connectivity index (χ2v) is 4.56. The second kappa shape index (κ2) is 7.87. The standard InChI is InChI=1S/C13H22N2O2/c14-12(16)9-5-6-10-13(17)15-11-7-3-1-2-4-8-11/h3,7,11H,1-2,4-6,8-10H2,(H2,14,16)(H,15,17). The van der Waals surface area contributed by atoms with Crippen LogP contribution >= 0.6 is 0 Å². The Morgan fingerprint density at radius 2 is 2.00 bits per heavy atom. The van der Waals surface area contributed by atoms with Crippen LogP contribution in [0.3, 0.4) is 0 Å². The molecule has 0 aromatic heterocycles. The van der Waals surface area contributed by atoms with Crippen molar-refractivity contribution in [1.29, 1.82) is 0 Å². The Morgan fingerprint density at radius 1 is 1.24 bits per heavy atom. The highest BCUT2D eigenvalue weighted by Gasteiger charge is 2.10. The molecule has 0 radical (unpaired) electrons. The first-order valence-corrected chi connectivity index (χ1v) is 6.43. The van der Waals surface area contributed by atoms with Gasteiger partial charge in [0.25, 0.3) is 0 Å². The maximum Gasteiger partial charge on any atom is 0.220 e. The van der Waals surface area contributed by atoms with Crippen molar-refractivity contribution in [1.82, 2.24) is 5.32 Å². The number of unbranched alkanes of at least 4 members (excludes halogenated alkanes) is 1. The molecule has 0 saturated heterocycles. The Bertz CT molecular complexity index is 287. The van der Waals surface area contributed by atoms with Gasteiger partial charge in [-0.25, -0.2) is 0 Å². The maximum atomic E-state index is 11.6. The number of nitrogens with one attached hydrogen (secondary N) is 1. The topological polar surface area (TPSA) is 72.2 Å². The first kappa shape index (κ1) is 13.7. The van der Waals surface area contributed by atoms with Gasteiger partial charge < -0.3 is 11.1 Å². The van der Waals surface area contributed by atoms with E-state index in [0.29, 0.717) is 19.3 Å². The Morgan fingerprint density at radius 3 is 2.76 bits per heavy atom. The molecule has 3 N–H and O–H groups in total. The van der Waals surface area contributed by atoms with Crippen LogP contribution in [0.25, 0.3) is 0 Å². The van der Waals surface area contributed by atoms with E-state index >= 15 is 0 Å². The molecule has 0 aromatic carbocycles. The summed E-state index contributed by atoms with van der Waals surface area (Å²) in [5.41, 5.74) is 5.03. The molecule has 0 fully saturated rings. The summed E-state index contributed by atoms with van der Waals surface area (Å²) in [7, 11) is 0. The first-order valence-electron chi connectivity index (χ1n) is 6.43. The van der Waals surface area contributed by atoms with Gasteiger partial charge in [0.05, 0.1) is 0 Å². The predicted molar refractivity (Wildman–Crippen MR) is 67.2 cm³/mol. The van der Waals surface area contributed by atoms with E-state index in [2.05, 4.69) is 17.5 Å². The van der Waals surface area contributed by atoms with Crippen molar-refractivity contribution in [3.63, 3.8) is 0 Å². The predicted octanol–water partition coefficient (Wildman–Crippen LogP) is 1.65. The molecule has 0 saturated carbocycles. The lowest BCUT2D eigenvalue weighted by atomic mass is 10.1. The Balaban J connectivity index is 2.13. The third-order valence-electron chi connectivity index (χ3n) is 2.93. The first-order chi connectivity index (χ1) is 8.18. The lowest BCUT2D eigenvalue weighted by molar-refractivity contribution is -0.122. The number of hydrogen-bond donors (Lipinski definition) is 2. The zero-order valence-electron chi connectivity index (χ0n) is 10.3. The van der Waals surface area contributed by atoms with Crippen LogP contribution in [0.4, 0.5) is 0 Å². The number of nitrogens with two attached hydrogens (primary N) is 1. The van der Waals surface area contributed by atoms with Gasteiger partial charge in [-0.05, 0) is 32.1 Å². The number of primary amides is 1. The number of amides is 2. The van der Waals surface area contributed by atoms with Gasteiger partial charge in [0, 0.05) is 18.9 Å². The van der Waals surface area contributed by atoms with Crippen molar-refractivity contribution >= 4 is 11.8 Å². The molecule has 0 aliphatic heterocycles. The third-order valence-corrected chi connectivity index (χ3v) is 2.93. The summed E-state index contributed by atoms with van der Waals surface area (Å²) in [6.45, 7) is 0. The summed E-state index contributed by atoms with van der Waals surface area (Å²) >= 11 is 0. The Kier molecular flexibility index (Phi) is 6.37.